The summed E-state index contributed by atoms with van der Waals surface area (Å²) in [6, 6.07) is 12.4. The number of anilines is 1. The summed E-state index contributed by atoms with van der Waals surface area (Å²) in [5, 5.41) is 3.71. The molecule has 1 saturated heterocycles. The summed E-state index contributed by atoms with van der Waals surface area (Å²) in [5.74, 6) is -0.413. The van der Waals surface area contributed by atoms with Gasteiger partial charge in [-0.05, 0) is 43.5 Å². The molecule has 5 nitrogen and oxygen atoms in total. The van der Waals surface area contributed by atoms with Crippen LogP contribution in [0.4, 0.5) is 5.69 Å². The molecular weight excluding hydrogens is 419 g/mol. The van der Waals surface area contributed by atoms with Gasteiger partial charge >= 0.3 is 0 Å². The zero-order valence-corrected chi connectivity index (χ0v) is 17.8. The van der Waals surface area contributed by atoms with Crippen LogP contribution in [-0.4, -0.2) is 31.7 Å². The number of carbonyl (C=O) groups excluding carboxylic acids is 1. The Balaban J connectivity index is 1.58. The number of halogens is 2. The quantitative estimate of drug-likeness (QED) is 0.744. The van der Waals surface area contributed by atoms with E-state index in [1.807, 2.05) is 31.2 Å². The lowest BCUT2D eigenvalue weighted by Crippen LogP contribution is -2.41. The Labute approximate surface area is 175 Å². The summed E-state index contributed by atoms with van der Waals surface area (Å²) >= 11 is 11.9. The minimum Gasteiger partial charge on any atom is -0.326 e. The van der Waals surface area contributed by atoms with Gasteiger partial charge in [0.2, 0.25) is 15.9 Å². The summed E-state index contributed by atoms with van der Waals surface area (Å²) in [5.41, 5.74) is 2.35. The van der Waals surface area contributed by atoms with Crippen LogP contribution in [0, 0.1) is 12.8 Å². The molecule has 2 aromatic rings. The zero-order valence-electron chi connectivity index (χ0n) is 15.5. The Hall–Kier alpha value is -1.60. The van der Waals surface area contributed by atoms with Gasteiger partial charge in [0.1, 0.15) is 0 Å². The molecule has 0 radical (unpaired) electrons. The number of piperidine rings is 1. The van der Waals surface area contributed by atoms with E-state index < -0.39 is 10.0 Å². The largest absolute Gasteiger partial charge is 0.326 e. The van der Waals surface area contributed by atoms with Crippen molar-refractivity contribution in [3.8, 4) is 0 Å². The Kier molecular flexibility index (Phi) is 6.65. The first-order chi connectivity index (χ1) is 13.2. The van der Waals surface area contributed by atoms with Crippen molar-refractivity contribution in [2.75, 3.05) is 18.4 Å². The summed E-state index contributed by atoms with van der Waals surface area (Å²) in [6.45, 7) is 2.61. The van der Waals surface area contributed by atoms with Crippen LogP contribution in [0.15, 0.2) is 42.5 Å². The number of sulfonamides is 1. The summed E-state index contributed by atoms with van der Waals surface area (Å²) in [4.78, 5) is 12.5. The normalized spacial score (nSPS) is 16.1. The first-order valence-electron chi connectivity index (χ1n) is 9.03. The number of nitrogens with one attached hydrogen (secondary N) is 1. The van der Waals surface area contributed by atoms with E-state index >= 15 is 0 Å². The van der Waals surface area contributed by atoms with Gasteiger partial charge < -0.3 is 5.32 Å². The van der Waals surface area contributed by atoms with Crippen molar-refractivity contribution in [1.82, 2.24) is 4.31 Å². The lowest BCUT2D eigenvalue weighted by molar-refractivity contribution is -0.120. The predicted molar refractivity (Wildman–Crippen MR) is 113 cm³/mol. The molecule has 0 atom stereocenters. The smallest absolute Gasteiger partial charge is 0.227 e. The summed E-state index contributed by atoms with van der Waals surface area (Å²) in [7, 11) is -3.41. The molecule has 1 N–H and O–H groups in total. The minimum absolute atomic E-state index is 0.0213. The van der Waals surface area contributed by atoms with E-state index in [0.29, 0.717) is 41.7 Å². The first-order valence-corrected chi connectivity index (χ1v) is 11.4. The molecular formula is C20H22Cl2N2O3S. The molecule has 0 unspecified atom stereocenters. The van der Waals surface area contributed by atoms with Gasteiger partial charge in [0, 0.05) is 34.7 Å². The number of hydrogen-bond acceptors (Lipinski definition) is 3. The van der Waals surface area contributed by atoms with Crippen molar-refractivity contribution >= 4 is 44.8 Å². The molecule has 1 aliphatic rings. The number of carbonyl (C=O) groups is 1. The van der Waals surface area contributed by atoms with Crippen molar-refractivity contribution in [2.45, 2.75) is 25.5 Å². The van der Waals surface area contributed by atoms with E-state index in [2.05, 4.69) is 5.32 Å². The van der Waals surface area contributed by atoms with E-state index in [4.69, 9.17) is 23.2 Å². The molecule has 0 bridgehead atoms. The van der Waals surface area contributed by atoms with E-state index in [0.717, 1.165) is 11.1 Å². The molecule has 0 aromatic heterocycles. The molecule has 0 saturated carbocycles. The van der Waals surface area contributed by atoms with Gasteiger partial charge in [0.05, 0.1) is 5.75 Å². The molecule has 3 rings (SSSR count). The number of amides is 1. The Morgan fingerprint density at radius 1 is 1.11 bits per heavy atom. The number of nitrogens with zero attached hydrogens (tertiary/aromatic N) is 1. The van der Waals surface area contributed by atoms with Gasteiger partial charge in [-0.25, -0.2) is 12.7 Å². The lowest BCUT2D eigenvalue weighted by Gasteiger charge is -2.30. The van der Waals surface area contributed by atoms with Crippen LogP contribution in [0.5, 0.6) is 0 Å². The third kappa shape index (κ3) is 5.47. The van der Waals surface area contributed by atoms with Gasteiger partial charge in [-0.1, -0.05) is 53.0 Å². The maximum atomic E-state index is 12.7. The third-order valence-corrected chi connectivity index (χ3v) is 7.07. The SMILES string of the molecule is Cc1cccc(CS(=O)(=O)N2CCC(C(=O)Nc3cc(Cl)cc(Cl)c3)CC2)c1. The number of aryl methyl sites for hydroxylation is 1. The van der Waals surface area contributed by atoms with Gasteiger partial charge in [-0.2, -0.15) is 0 Å². The maximum Gasteiger partial charge on any atom is 0.227 e. The number of hydrogen-bond donors (Lipinski definition) is 1. The molecule has 150 valence electrons. The Morgan fingerprint density at radius 3 is 2.36 bits per heavy atom. The number of rotatable bonds is 5. The summed E-state index contributed by atoms with van der Waals surface area (Å²) < 4.78 is 26.9. The molecule has 1 amide bonds. The fraction of sp³-hybridized carbons (Fsp3) is 0.350. The molecule has 1 aliphatic heterocycles. The highest BCUT2D eigenvalue weighted by Gasteiger charge is 2.31. The minimum atomic E-state index is -3.41. The zero-order chi connectivity index (χ0) is 20.3. The predicted octanol–water partition coefficient (Wildman–Crippen LogP) is 4.48. The molecule has 0 spiro atoms. The average molecular weight is 441 g/mol. The number of benzene rings is 2. The van der Waals surface area contributed by atoms with Gasteiger partial charge in [0.25, 0.3) is 0 Å². The van der Waals surface area contributed by atoms with Crippen molar-refractivity contribution < 1.29 is 13.2 Å². The van der Waals surface area contributed by atoms with Crippen LogP contribution in [0.2, 0.25) is 10.0 Å². The monoisotopic (exact) mass is 440 g/mol. The fourth-order valence-corrected chi connectivity index (χ4v) is 5.45. The maximum absolute atomic E-state index is 12.7. The second-order valence-electron chi connectivity index (χ2n) is 7.07. The van der Waals surface area contributed by atoms with Gasteiger partial charge in [0.15, 0.2) is 0 Å². The van der Waals surface area contributed by atoms with Crippen molar-refractivity contribution in [2.24, 2.45) is 5.92 Å². The first kappa shape index (κ1) is 21.1. The van der Waals surface area contributed by atoms with E-state index in [1.165, 1.54) is 4.31 Å². The highest BCUT2D eigenvalue weighted by atomic mass is 35.5. The Morgan fingerprint density at radius 2 is 1.75 bits per heavy atom. The molecule has 0 aliphatic carbocycles. The molecule has 1 fully saturated rings. The topological polar surface area (TPSA) is 66.5 Å². The van der Waals surface area contributed by atoms with Crippen molar-refractivity contribution in [3.05, 3.63) is 63.6 Å². The third-order valence-electron chi connectivity index (χ3n) is 4.78. The van der Waals surface area contributed by atoms with Gasteiger partial charge in [-0.3, -0.25) is 4.79 Å². The Bertz CT molecular complexity index is 951. The molecule has 1 heterocycles. The lowest BCUT2D eigenvalue weighted by atomic mass is 9.97. The second-order valence-corrected chi connectivity index (χ2v) is 9.91. The average Bonchev–Trinajstić information content (AvgIpc) is 2.60. The van der Waals surface area contributed by atoms with Crippen LogP contribution in [0.25, 0.3) is 0 Å². The van der Waals surface area contributed by atoms with Crippen molar-refractivity contribution in [1.29, 1.82) is 0 Å². The highest BCUT2D eigenvalue weighted by molar-refractivity contribution is 7.88. The molecule has 28 heavy (non-hydrogen) atoms. The van der Waals surface area contributed by atoms with Crippen molar-refractivity contribution in [3.63, 3.8) is 0 Å². The highest BCUT2D eigenvalue weighted by Crippen LogP contribution is 2.26. The van der Waals surface area contributed by atoms with Gasteiger partial charge in [-0.15, -0.1) is 0 Å². The van der Waals surface area contributed by atoms with E-state index in [9.17, 15) is 13.2 Å². The van der Waals surface area contributed by atoms with E-state index in [-0.39, 0.29) is 17.6 Å². The molecule has 8 heteroatoms. The summed E-state index contributed by atoms with van der Waals surface area (Å²) in [6.07, 6.45) is 0.959. The van der Waals surface area contributed by atoms with Crippen LogP contribution < -0.4 is 5.32 Å². The van der Waals surface area contributed by atoms with Crippen LogP contribution in [0.3, 0.4) is 0 Å². The molecule has 2 aromatic carbocycles. The van der Waals surface area contributed by atoms with Crippen LogP contribution >= 0.6 is 23.2 Å². The second kappa shape index (κ2) is 8.82. The van der Waals surface area contributed by atoms with Crippen LogP contribution in [0.1, 0.15) is 24.0 Å². The van der Waals surface area contributed by atoms with E-state index in [1.54, 1.807) is 18.2 Å². The standard InChI is InChI=1S/C20H22Cl2N2O3S/c1-14-3-2-4-15(9-14)13-28(26,27)24-7-5-16(6-8-24)20(25)23-19-11-17(21)10-18(22)12-19/h2-4,9-12,16H,5-8,13H2,1H3,(H,23,25). The van der Waals surface area contributed by atoms with Crippen LogP contribution in [-0.2, 0) is 20.6 Å². The fourth-order valence-electron chi connectivity index (χ4n) is 3.37.